The molecule has 2 saturated carbocycles. The van der Waals surface area contributed by atoms with E-state index in [1.807, 2.05) is 12.3 Å². The van der Waals surface area contributed by atoms with Crippen LogP contribution >= 0.6 is 0 Å². The summed E-state index contributed by atoms with van der Waals surface area (Å²) in [5, 5.41) is 13.4. The quantitative estimate of drug-likeness (QED) is 0.305. The first-order valence-electron chi connectivity index (χ1n) is 14.1. The van der Waals surface area contributed by atoms with Gasteiger partial charge in [0.2, 0.25) is 5.82 Å². The van der Waals surface area contributed by atoms with Crippen LogP contribution in [0.3, 0.4) is 0 Å². The van der Waals surface area contributed by atoms with Crippen molar-refractivity contribution >= 4 is 23.0 Å². The number of nitrogens with zero attached hydrogens (tertiary/aromatic N) is 5. The molecule has 2 aliphatic rings. The molecule has 2 aliphatic carbocycles. The van der Waals surface area contributed by atoms with Crippen molar-refractivity contribution in [3.05, 3.63) is 41.9 Å². The summed E-state index contributed by atoms with van der Waals surface area (Å²) in [4.78, 5) is 30.5. The van der Waals surface area contributed by atoms with Crippen molar-refractivity contribution in [2.45, 2.75) is 91.1 Å². The molecule has 0 aromatic carbocycles. The summed E-state index contributed by atoms with van der Waals surface area (Å²) >= 11 is 0. The first-order chi connectivity index (χ1) is 18.2. The van der Waals surface area contributed by atoms with Crippen molar-refractivity contribution in [1.82, 2.24) is 24.5 Å². The van der Waals surface area contributed by atoms with E-state index < -0.39 is 5.97 Å². The molecule has 0 aliphatic heterocycles. The molecular weight excluding hydrogens is 476 g/mol. The number of hydrogen-bond donors (Lipinski definition) is 2. The molecule has 3 aromatic rings. The third kappa shape index (κ3) is 5.31. The lowest BCUT2D eigenvalue weighted by Gasteiger charge is -2.32. The Morgan fingerprint density at radius 1 is 1.13 bits per heavy atom. The largest absolute Gasteiger partial charge is 0.475 e. The molecule has 2 fully saturated rings. The molecule has 1 atom stereocenters. The predicted molar refractivity (Wildman–Crippen MR) is 150 cm³/mol. The van der Waals surface area contributed by atoms with E-state index in [4.69, 9.17) is 9.97 Å². The number of carboxylic acid groups (broad SMARTS) is 1. The Kier molecular flexibility index (Phi) is 7.50. The summed E-state index contributed by atoms with van der Waals surface area (Å²) in [5.74, 6) is 1.88. The predicted octanol–water partition coefficient (Wildman–Crippen LogP) is 6.69. The van der Waals surface area contributed by atoms with E-state index in [2.05, 4.69) is 60.2 Å². The number of pyridine rings is 1. The van der Waals surface area contributed by atoms with Crippen LogP contribution in [0.15, 0.2) is 30.5 Å². The third-order valence-electron chi connectivity index (χ3n) is 8.68. The monoisotopic (exact) mass is 516 g/mol. The fraction of sp³-hybridized carbons (Fsp3) is 0.567. The minimum atomic E-state index is -1.15. The number of fused-ring (bicyclic) bond motifs is 1. The molecule has 38 heavy (non-hydrogen) atoms. The van der Waals surface area contributed by atoms with E-state index in [0.717, 1.165) is 49.3 Å². The second-order valence-electron chi connectivity index (χ2n) is 11.7. The topological polar surface area (TPSA) is 106 Å². The number of allylic oxidation sites excluding steroid dienone is 1. The molecule has 8 heteroatoms. The molecule has 5 rings (SSSR count). The molecule has 0 bridgehead atoms. The van der Waals surface area contributed by atoms with Gasteiger partial charge in [-0.05, 0) is 93.7 Å². The van der Waals surface area contributed by atoms with Gasteiger partial charge in [0.1, 0.15) is 11.2 Å². The highest BCUT2D eigenvalue weighted by molar-refractivity contribution is 5.92. The maximum atomic E-state index is 12.0. The van der Waals surface area contributed by atoms with Gasteiger partial charge in [0.05, 0.1) is 0 Å². The summed E-state index contributed by atoms with van der Waals surface area (Å²) < 4.78 is 2.20. The van der Waals surface area contributed by atoms with E-state index in [1.165, 1.54) is 30.4 Å². The Bertz CT molecular complexity index is 1330. The number of carboxylic acids is 1. The summed E-state index contributed by atoms with van der Waals surface area (Å²) in [6.07, 6.45) is 9.95. The Morgan fingerprint density at radius 3 is 2.47 bits per heavy atom. The zero-order valence-electron chi connectivity index (χ0n) is 23.1. The highest BCUT2D eigenvalue weighted by Crippen LogP contribution is 2.37. The molecular formula is C30H40N6O2. The standard InChI is InChI=1S/C30H40N6O2/c1-17(2)21-11-9-20(10-12-21)16-36-25-26(32-19(5)22-7-6-8-22)33-28(30(37)38)34-27(25)35-29(36)24-15-23(18(3)4)13-14-31-24/h13-15,18-22H,1,6-12,16H2,2-5H3,(H,37,38)(H,32,33,34)/t19-,20-,21-/m1/s1. The number of aromatic nitrogens is 5. The van der Waals surface area contributed by atoms with Crippen LogP contribution in [-0.4, -0.2) is 41.6 Å². The van der Waals surface area contributed by atoms with Crippen LogP contribution in [0.1, 0.15) is 94.7 Å². The Labute approximate surface area is 225 Å². The van der Waals surface area contributed by atoms with Gasteiger partial charge in [-0.1, -0.05) is 32.4 Å². The second-order valence-corrected chi connectivity index (χ2v) is 11.7. The van der Waals surface area contributed by atoms with E-state index in [0.29, 0.717) is 35.1 Å². The van der Waals surface area contributed by atoms with Crippen LogP contribution in [0, 0.1) is 17.8 Å². The van der Waals surface area contributed by atoms with Crippen LogP contribution in [0.25, 0.3) is 22.7 Å². The minimum Gasteiger partial charge on any atom is -0.475 e. The summed E-state index contributed by atoms with van der Waals surface area (Å²) in [5.41, 5.74) is 4.42. The SMILES string of the molecule is C=C(C)[C@H]1CC[C@H](Cn2c(-c3cc(C(C)C)ccn3)nc3nc(C(=O)O)nc(N[C@H](C)C4CCC4)c32)CC1. The molecule has 0 amide bonds. The molecule has 2 N–H and O–H groups in total. The minimum absolute atomic E-state index is 0.184. The Morgan fingerprint density at radius 2 is 1.87 bits per heavy atom. The van der Waals surface area contributed by atoms with Gasteiger partial charge >= 0.3 is 5.97 Å². The Balaban J connectivity index is 1.62. The van der Waals surface area contributed by atoms with E-state index in [-0.39, 0.29) is 11.9 Å². The number of imidazole rings is 1. The van der Waals surface area contributed by atoms with Crippen molar-refractivity contribution in [1.29, 1.82) is 0 Å². The lowest BCUT2D eigenvalue weighted by Crippen LogP contribution is -2.31. The lowest BCUT2D eigenvalue weighted by molar-refractivity contribution is 0.0684. The zero-order chi connectivity index (χ0) is 27.0. The normalized spacial score (nSPS) is 20.9. The summed E-state index contributed by atoms with van der Waals surface area (Å²) in [6.45, 7) is 13.6. The number of nitrogens with one attached hydrogen (secondary N) is 1. The number of aromatic carboxylic acids is 1. The first-order valence-corrected chi connectivity index (χ1v) is 14.1. The van der Waals surface area contributed by atoms with Gasteiger partial charge in [-0.2, -0.15) is 0 Å². The maximum Gasteiger partial charge on any atom is 0.374 e. The molecule has 0 saturated heterocycles. The summed E-state index contributed by atoms with van der Waals surface area (Å²) in [6, 6.07) is 4.31. The first kappa shape index (κ1) is 26.3. The van der Waals surface area contributed by atoms with Crippen LogP contribution in [-0.2, 0) is 6.54 Å². The van der Waals surface area contributed by atoms with Gasteiger partial charge in [-0.15, -0.1) is 0 Å². The van der Waals surface area contributed by atoms with Gasteiger partial charge in [0.15, 0.2) is 17.3 Å². The van der Waals surface area contributed by atoms with Gasteiger partial charge in [0, 0.05) is 18.8 Å². The fourth-order valence-corrected chi connectivity index (χ4v) is 5.90. The summed E-state index contributed by atoms with van der Waals surface area (Å²) in [7, 11) is 0. The average Bonchev–Trinajstić information content (AvgIpc) is 3.21. The number of anilines is 1. The van der Waals surface area contributed by atoms with Crippen molar-refractivity contribution in [2.24, 2.45) is 17.8 Å². The van der Waals surface area contributed by atoms with Crippen molar-refractivity contribution in [3.63, 3.8) is 0 Å². The molecule has 0 spiro atoms. The van der Waals surface area contributed by atoms with Gasteiger partial charge in [-0.3, -0.25) is 4.98 Å². The third-order valence-corrected chi connectivity index (χ3v) is 8.68. The molecule has 0 unspecified atom stereocenters. The van der Waals surface area contributed by atoms with Gasteiger partial charge < -0.3 is 15.0 Å². The molecule has 3 aromatic heterocycles. The van der Waals surface area contributed by atoms with Crippen molar-refractivity contribution in [2.75, 3.05) is 5.32 Å². The van der Waals surface area contributed by atoms with Crippen LogP contribution in [0.4, 0.5) is 5.82 Å². The maximum absolute atomic E-state index is 12.0. The smallest absolute Gasteiger partial charge is 0.374 e. The number of hydrogen-bond acceptors (Lipinski definition) is 6. The van der Waals surface area contributed by atoms with Gasteiger partial charge in [0.25, 0.3) is 0 Å². The van der Waals surface area contributed by atoms with Crippen LogP contribution < -0.4 is 5.32 Å². The van der Waals surface area contributed by atoms with E-state index in [9.17, 15) is 9.90 Å². The highest BCUT2D eigenvalue weighted by Gasteiger charge is 2.29. The van der Waals surface area contributed by atoms with Crippen LogP contribution in [0.2, 0.25) is 0 Å². The second kappa shape index (κ2) is 10.8. The molecule has 0 radical (unpaired) electrons. The average molecular weight is 517 g/mol. The highest BCUT2D eigenvalue weighted by atomic mass is 16.4. The van der Waals surface area contributed by atoms with E-state index >= 15 is 0 Å². The molecule has 3 heterocycles. The molecule has 202 valence electrons. The number of carbonyl (C=O) groups is 1. The molecule has 8 nitrogen and oxygen atoms in total. The van der Waals surface area contributed by atoms with E-state index in [1.54, 1.807) is 0 Å². The zero-order valence-corrected chi connectivity index (χ0v) is 23.1. The van der Waals surface area contributed by atoms with Crippen molar-refractivity contribution in [3.8, 4) is 11.5 Å². The van der Waals surface area contributed by atoms with Crippen LogP contribution in [0.5, 0.6) is 0 Å². The number of rotatable bonds is 9. The fourth-order valence-electron chi connectivity index (χ4n) is 5.90. The van der Waals surface area contributed by atoms with Crippen molar-refractivity contribution < 1.29 is 9.90 Å². The Hall–Kier alpha value is -3.29. The van der Waals surface area contributed by atoms with Gasteiger partial charge in [-0.25, -0.2) is 19.7 Å². The lowest BCUT2D eigenvalue weighted by atomic mass is 9.79.